The Bertz CT molecular complexity index is 367. The molecule has 2 aliphatic rings. The molecular weight excluding hydrogens is 230 g/mol. The van der Waals surface area contributed by atoms with Crippen molar-refractivity contribution in [3.63, 3.8) is 0 Å². The molecule has 0 radical (unpaired) electrons. The third kappa shape index (κ3) is 3.39. The standard InChI is InChI=1S/C18H27N/c1-3-9-15(10-4-1)17-13-7-8-14-18(17)19-16-11-5-2-6-12-16/h1,3-4,9-10,16-19H,2,5-8,11-14H2. The van der Waals surface area contributed by atoms with Crippen LogP contribution in [0.25, 0.3) is 0 Å². The van der Waals surface area contributed by atoms with Crippen LogP contribution in [-0.2, 0) is 0 Å². The molecule has 1 nitrogen and oxygen atoms in total. The van der Waals surface area contributed by atoms with Crippen LogP contribution in [-0.4, -0.2) is 12.1 Å². The summed E-state index contributed by atoms with van der Waals surface area (Å²) >= 11 is 0. The molecule has 1 heteroatoms. The highest BCUT2D eigenvalue weighted by molar-refractivity contribution is 5.22. The van der Waals surface area contributed by atoms with Crippen LogP contribution in [0.15, 0.2) is 30.3 Å². The maximum absolute atomic E-state index is 4.01. The van der Waals surface area contributed by atoms with Gasteiger partial charge in [0.15, 0.2) is 0 Å². The monoisotopic (exact) mass is 257 g/mol. The highest BCUT2D eigenvalue weighted by atomic mass is 15.0. The van der Waals surface area contributed by atoms with Crippen molar-refractivity contribution >= 4 is 0 Å². The Kier molecular flexibility index (Phi) is 4.55. The van der Waals surface area contributed by atoms with E-state index in [-0.39, 0.29) is 0 Å². The Hall–Kier alpha value is -0.820. The van der Waals surface area contributed by atoms with Crippen molar-refractivity contribution in [2.45, 2.75) is 75.8 Å². The molecule has 0 saturated heterocycles. The number of benzene rings is 1. The largest absolute Gasteiger partial charge is 0.311 e. The van der Waals surface area contributed by atoms with Gasteiger partial charge in [0, 0.05) is 12.1 Å². The second-order valence-electron chi connectivity index (χ2n) is 6.41. The van der Waals surface area contributed by atoms with Crippen molar-refractivity contribution in [1.82, 2.24) is 5.32 Å². The van der Waals surface area contributed by atoms with Crippen LogP contribution >= 0.6 is 0 Å². The van der Waals surface area contributed by atoms with Crippen LogP contribution < -0.4 is 5.32 Å². The highest BCUT2D eigenvalue weighted by Gasteiger charge is 2.28. The van der Waals surface area contributed by atoms with Crippen LogP contribution in [0.3, 0.4) is 0 Å². The molecular formula is C18H27N. The van der Waals surface area contributed by atoms with Gasteiger partial charge in [-0.1, -0.05) is 62.4 Å². The minimum absolute atomic E-state index is 0.722. The summed E-state index contributed by atoms with van der Waals surface area (Å²) in [4.78, 5) is 0. The highest BCUT2D eigenvalue weighted by Crippen LogP contribution is 2.34. The van der Waals surface area contributed by atoms with Gasteiger partial charge in [-0.15, -0.1) is 0 Å². The third-order valence-corrected chi connectivity index (χ3v) is 5.05. The van der Waals surface area contributed by atoms with Gasteiger partial charge >= 0.3 is 0 Å². The summed E-state index contributed by atoms with van der Waals surface area (Å²) in [5, 5.41) is 4.01. The number of hydrogen-bond acceptors (Lipinski definition) is 1. The van der Waals surface area contributed by atoms with Gasteiger partial charge in [-0.25, -0.2) is 0 Å². The summed E-state index contributed by atoms with van der Waals surface area (Å²) in [5.74, 6) is 0.747. The van der Waals surface area contributed by atoms with E-state index in [0.717, 1.165) is 18.0 Å². The average molecular weight is 257 g/mol. The number of hydrogen-bond donors (Lipinski definition) is 1. The molecule has 1 aromatic carbocycles. The van der Waals surface area contributed by atoms with Crippen molar-refractivity contribution in [2.75, 3.05) is 0 Å². The van der Waals surface area contributed by atoms with E-state index in [1.165, 1.54) is 57.8 Å². The van der Waals surface area contributed by atoms with Crippen LogP contribution in [0.4, 0.5) is 0 Å². The van der Waals surface area contributed by atoms with Gasteiger partial charge in [0.2, 0.25) is 0 Å². The van der Waals surface area contributed by atoms with E-state index in [0.29, 0.717) is 0 Å². The Morgan fingerprint density at radius 2 is 1.42 bits per heavy atom. The Morgan fingerprint density at radius 3 is 2.21 bits per heavy atom. The number of rotatable bonds is 3. The summed E-state index contributed by atoms with van der Waals surface area (Å²) < 4.78 is 0. The van der Waals surface area contributed by atoms with Gasteiger partial charge in [-0.3, -0.25) is 0 Å². The summed E-state index contributed by atoms with van der Waals surface area (Å²) in [5.41, 5.74) is 1.55. The molecule has 0 aromatic heterocycles. The molecule has 2 unspecified atom stereocenters. The van der Waals surface area contributed by atoms with E-state index >= 15 is 0 Å². The molecule has 0 bridgehead atoms. The fourth-order valence-electron chi connectivity index (χ4n) is 4.00. The normalized spacial score (nSPS) is 29.3. The second kappa shape index (κ2) is 6.56. The van der Waals surface area contributed by atoms with E-state index < -0.39 is 0 Å². The second-order valence-corrected chi connectivity index (χ2v) is 6.41. The lowest BCUT2D eigenvalue weighted by molar-refractivity contribution is 0.266. The van der Waals surface area contributed by atoms with Gasteiger partial charge < -0.3 is 5.32 Å². The predicted octanol–water partition coefficient (Wildman–Crippen LogP) is 4.64. The molecule has 3 rings (SSSR count). The van der Waals surface area contributed by atoms with Gasteiger partial charge in [-0.2, -0.15) is 0 Å². The summed E-state index contributed by atoms with van der Waals surface area (Å²) in [6.45, 7) is 0. The molecule has 104 valence electrons. The predicted molar refractivity (Wildman–Crippen MR) is 81.4 cm³/mol. The summed E-state index contributed by atoms with van der Waals surface area (Å²) in [6, 6.07) is 12.7. The molecule has 0 amide bonds. The first-order chi connectivity index (χ1) is 9.43. The number of nitrogens with one attached hydrogen (secondary N) is 1. The van der Waals surface area contributed by atoms with Crippen molar-refractivity contribution in [1.29, 1.82) is 0 Å². The van der Waals surface area contributed by atoms with Crippen molar-refractivity contribution < 1.29 is 0 Å². The van der Waals surface area contributed by atoms with Crippen LogP contribution in [0.5, 0.6) is 0 Å². The average Bonchev–Trinajstić information content (AvgIpc) is 2.50. The molecule has 1 N–H and O–H groups in total. The van der Waals surface area contributed by atoms with Gasteiger partial charge in [-0.05, 0) is 37.2 Å². The van der Waals surface area contributed by atoms with Crippen LogP contribution in [0.1, 0.15) is 69.3 Å². The lowest BCUT2D eigenvalue weighted by Gasteiger charge is -2.36. The Morgan fingerprint density at radius 1 is 0.737 bits per heavy atom. The molecule has 2 fully saturated rings. The zero-order valence-electron chi connectivity index (χ0n) is 12.0. The first-order valence-corrected chi connectivity index (χ1v) is 8.24. The minimum Gasteiger partial charge on any atom is -0.311 e. The van der Waals surface area contributed by atoms with Crippen molar-refractivity contribution in [3.8, 4) is 0 Å². The fraction of sp³-hybridized carbons (Fsp3) is 0.667. The van der Waals surface area contributed by atoms with Gasteiger partial charge in [0.1, 0.15) is 0 Å². The fourth-order valence-corrected chi connectivity index (χ4v) is 4.00. The quantitative estimate of drug-likeness (QED) is 0.832. The smallest absolute Gasteiger partial charge is 0.0138 e. The molecule has 2 aliphatic carbocycles. The summed E-state index contributed by atoms with van der Waals surface area (Å²) in [7, 11) is 0. The molecule has 0 aliphatic heterocycles. The molecule has 1 aromatic rings. The first kappa shape index (κ1) is 13.2. The van der Waals surface area contributed by atoms with Crippen molar-refractivity contribution in [3.05, 3.63) is 35.9 Å². The first-order valence-electron chi connectivity index (χ1n) is 8.24. The maximum atomic E-state index is 4.01. The summed E-state index contributed by atoms with van der Waals surface area (Å²) in [6.07, 6.45) is 12.7. The van der Waals surface area contributed by atoms with E-state index in [4.69, 9.17) is 0 Å². The topological polar surface area (TPSA) is 12.0 Å². The molecule has 0 heterocycles. The van der Waals surface area contributed by atoms with E-state index in [1.54, 1.807) is 5.56 Å². The van der Waals surface area contributed by atoms with Crippen LogP contribution in [0, 0.1) is 0 Å². The third-order valence-electron chi connectivity index (χ3n) is 5.05. The Labute approximate surface area is 117 Å². The zero-order chi connectivity index (χ0) is 12.9. The van der Waals surface area contributed by atoms with Gasteiger partial charge in [0.25, 0.3) is 0 Å². The Balaban J connectivity index is 1.66. The van der Waals surface area contributed by atoms with Crippen LogP contribution in [0.2, 0.25) is 0 Å². The van der Waals surface area contributed by atoms with Gasteiger partial charge in [0.05, 0.1) is 0 Å². The molecule has 2 atom stereocenters. The SMILES string of the molecule is c1ccc(C2CCCCC2NC2CCCCC2)cc1. The van der Waals surface area contributed by atoms with E-state index in [1.807, 2.05) is 0 Å². The molecule has 2 saturated carbocycles. The van der Waals surface area contributed by atoms with Crippen molar-refractivity contribution in [2.24, 2.45) is 0 Å². The molecule has 19 heavy (non-hydrogen) atoms. The van der Waals surface area contributed by atoms with E-state index in [2.05, 4.69) is 35.6 Å². The minimum atomic E-state index is 0.722. The maximum Gasteiger partial charge on any atom is 0.0138 e. The lowest BCUT2D eigenvalue weighted by atomic mass is 9.79. The molecule has 0 spiro atoms. The zero-order valence-corrected chi connectivity index (χ0v) is 12.0. The lowest BCUT2D eigenvalue weighted by Crippen LogP contribution is -2.44. The van der Waals surface area contributed by atoms with E-state index in [9.17, 15) is 0 Å².